The molecule has 1 fully saturated rings. The maximum atomic E-state index is 4.42. The number of nitrogens with zero attached hydrogens (tertiary/aromatic N) is 3. The van der Waals surface area contributed by atoms with Crippen LogP contribution in [0.4, 0.5) is 5.82 Å². The smallest absolute Gasteiger partial charge is 0.150 e. The molecule has 0 bridgehead atoms. The summed E-state index contributed by atoms with van der Waals surface area (Å²) in [6, 6.07) is 2.70. The molecule has 0 amide bonds. The largest absolute Gasteiger partial charge is 0.352 e. The SMILES string of the molecule is CCC1CN(c2ccn(C)n2)CCN1. The molecule has 4 heteroatoms. The predicted octanol–water partition coefficient (Wildman–Crippen LogP) is 0.608. The molecule has 1 aliphatic heterocycles. The first-order valence-electron chi connectivity index (χ1n) is 5.27. The van der Waals surface area contributed by atoms with Crippen LogP contribution in [0.15, 0.2) is 12.3 Å². The summed E-state index contributed by atoms with van der Waals surface area (Å²) in [5.74, 6) is 1.10. The van der Waals surface area contributed by atoms with Crippen molar-refractivity contribution in [3.8, 4) is 0 Å². The monoisotopic (exact) mass is 194 g/mol. The van der Waals surface area contributed by atoms with Crippen LogP contribution in [0.1, 0.15) is 13.3 Å². The molecule has 0 saturated carbocycles. The summed E-state index contributed by atoms with van der Waals surface area (Å²) in [7, 11) is 1.96. The lowest BCUT2D eigenvalue weighted by molar-refractivity contribution is 0.444. The van der Waals surface area contributed by atoms with Gasteiger partial charge in [0.2, 0.25) is 0 Å². The van der Waals surface area contributed by atoms with Gasteiger partial charge in [0, 0.05) is 45.0 Å². The Bertz CT molecular complexity index is 294. The van der Waals surface area contributed by atoms with Gasteiger partial charge in [-0.1, -0.05) is 6.92 Å². The standard InChI is InChI=1S/C10H18N4/c1-3-9-8-14(7-5-11-9)10-4-6-13(2)12-10/h4,6,9,11H,3,5,7-8H2,1-2H3. The van der Waals surface area contributed by atoms with E-state index in [-0.39, 0.29) is 0 Å². The molecule has 0 spiro atoms. The number of nitrogens with one attached hydrogen (secondary N) is 1. The van der Waals surface area contributed by atoms with E-state index in [9.17, 15) is 0 Å². The van der Waals surface area contributed by atoms with E-state index in [1.807, 2.05) is 17.9 Å². The molecule has 14 heavy (non-hydrogen) atoms. The van der Waals surface area contributed by atoms with E-state index in [1.54, 1.807) is 0 Å². The summed E-state index contributed by atoms with van der Waals surface area (Å²) in [6.45, 7) is 5.43. The van der Waals surface area contributed by atoms with Gasteiger partial charge in [0.1, 0.15) is 0 Å². The Morgan fingerprint density at radius 2 is 2.50 bits per heavy atom. The van der Waals surface area contributed by atoms with Gasteiger partial charge in [-0.2, -0.15) is 5.10 Å². The summed E-state index contributed by atoms with van der Waals surface area (Å²) in [6.07, 6.45) is 3.18. The van der Waals surface area contributed by atoms with Gasteiger partial charge in [-0.05, 0) is 6.42 Å². The van der Waals surface area contributed by atoms with E-state index in [0.717, 1.165) is 25.5 Å². The van der Waals surface area contributed by atoms with E-state index in [2.05, 4.69) is 28.3 Å². The molecule has 1 aliphatic rings. The van der Waals surface area contributed by atoms with E-state index in [0.29, 0.717) is 6.04 Å². The zero-order valence-corrected chi connectivity index (χ0v) is 8.90. The van der Waals surface area contributed by atoms with E-state index < -0.39 is 0 Å². The number of aryl methyl sites for hydroxylation is 1. The fraction of sp³-hybridized carbons (Fsp3) is 0.700. The fourth-order valence-corrected chi connectivity index (χ4v) is 1.88. The van der Waals surface area contributed by atoms with Gasteiger partial charge in [-0.15, -0.1) is 0 Å². The molecule has 1 unspecified atom stereocenters. The van der Waals surface area contributed by atoms with Gasteiger partial charge in [0.25, 0.3) is 0 Å². The van der Waals surface area contributed by atoms with E-state index >= 15 is 0 Å². The molecular formula is C10H18N4. The molecule has 1 aromatic rings. The molecule has 4 nitrogen and oxygen atoms in total. The van der Waals surface area contributed by atoms with Crippen LogP contribution in [-0.4, -0.2) is 35.5 Å². The Morgan fingerprint density at radius 1 is 1.64 bits per heavy atom. The minimum Gasteiger partial charge on any atom is -0.352 e. The topological polar surface area (TPSA) is 33.1 Å². The van der Waals surface area contributed by atoms with Crippen LogP contribution < -0.4 is 10.2 Å². The quantitative estimate of drug-likeness (QED) is 0.749. The molecule has 78 valence electrons. The molecule has 2 heterocycles. The van der Waals surface area contributed by atoms with Crippen molar-refractivity contribution in [3.63, 3.8) is 0 Å². The van der Waals surface area contributed by atoms with Crippen molar-refractivity contribution < 1.29 is 0 Å². The van der Waals surface area contributed by atoms with Gasteiger partial charge in [0.15, 0.2) is 5.82 Å². The Hall–Kier alpha value is -1.03. The van der Waals surface area contributed by atoms with Crippen LogP contribution in [0.25, 0.3) is 0 Å². The van der Waals surface area contributed by atoms with Crippen molar-refractivity contribution in [3.05, 3.63) is 12.3 Å². The normalized spacial score (nSPS) is 22.7. The highest BCUT2D eigenvalue weighted by atomic mass is 15.3. The molecule has 1 aromatic heterocycles. The van der Waals surface area contributed by atoms with Crippen LogP contribution in [0, 0.1) is 0 Å². The van der Waals surface area contributed by atoms with Crippen LogP contribution >= 0.6 is 0 Å². The Kier molecular flexibility index (Phi) is 2.72. The molecule has 1 atom stereocenters. The lowest BCUT2D eigenvalue weighted by atomic mass is 10.1. The first kappa shape index (κ1) is 9.52. The van der Waals surface area contributed by atoms with Crippen molar-refractivity contribution in [2.45, 2.75) is 19.4 Å². The summed E-state index contributed by atoms with van der Waals surface area (Å²) in [4.78, 5) is 2.35. The number of rotatable bonds is 2. The Balaban J connectivity index is 2.04. The number of hydrogen-bond donors (Lipinski definition) is 1. The van der Waals surface area contributed by atoms with Crippen LogP contribution in [0.5, 0.6) is 0 Å². The summed E-state index contributed by atoms with van der Waals surface area (Å²) < 4.78 is 1.86. The lowest BCUT2D eigenvalue weighted by Crippen LogP contribution is -2.50. The van der Waals surface area contributed by atoms with Crippen LogP contribution in [-0.2, 0) is 7.05 Å². The maximum absolute atomic E-state index is 4.42. The van der Waals surface area contributed by atoms with Crippen molar-refractivity contribution in [2.75, 3.05) is 24.5 Å². The van der Waals surface area contributed by atoms with Crippen LogP contribution in [0.3, 0.4) is 0 Å². The number of piperazine rings is 1. The third-order valence-electron chi connectivity index (χ3n) is 2.77. The van der Waals surface area contributed by atoms with Gasteiger partial charge in [0.05, 0.1) is 0 Å². The number of aromatic nitrogens is 2. The molecule has 0 aliphatic carbocycles. The molecular weight excluding hydrogens is 176 g/mol. The highest BCUT2D eigenvalue weighted by Gasteiger charge is 2.18. The van der Waals surface area contributed by atoms with E-state index in [1.165, 1.54) is 6.42 Å². The second kappa shape index (κ2) is 4.00. The predicted molar refractivity (Wildman–Crippen MR) is 57.5 cm³/mol. The first-order chi connectivity index (χ1) is 6.79. The number of anilines is 1. The summed E-state index contributed by atoms with van der Waals surface area (Å²) in [5, 5.41) is 7.92. The highest BCUT2D eigenvalue weighted by molar-refractivity contribution is 5.37. The minimum absolute atomic E-state index is 0.616. The molecule has 2 rings (SSSR count). The molecule has 0 radical (unpaired) electrons. The second-order valence-corrected chi connectivity index (χ2v) is 3.85. The van der Waals surface area contributed by atoms with Gasteiger partial charge < -0.3 is 10.2 Å². The van der Waals surface area contributed by atoms with Gasteiger partial charge in [-0.3, -0.25) is 4.68 Å². The van der Waals surface area contributed by atoms with Crippen molar-refractivity contribution in [2.24, 2.45) is 7.05 Å². The third kappa shape index (κ3) is 1.90. The Morgan fingerprint density at radius 3 is 3.14 bits per heavy atom. The van der Waals surface area contributed by atoms with Crippen LogP contribution in [0.2, 0.25) is 0 Å². The summed E-state index contributed by atoms with van der Waals surface area (Å²) >= 11 is 0. The average molecular weight is 194 g/mol. The molecule has 1 saturated heterocycles. The van der Waals surface area contributed by atoms with E-state index in [4.69, 9.17) is 0 Å². The zero-order valence-electron chi connectivity index (χ0n) is 8.90. The van der Waals surface area contributed by atoms with Gasteiger partial charge >= 0.3 is 0 Å². The molecule has 1 N–H and O–H groups in total. The third-order valence-corrected chi connectivity index (χ3v) is 2.77. The maximum Gasteiger partial charge on any atom is 0.150 e. The zero-order chi connectivity index (χ0) is 9.97. The van der Waals surface area contributed by atoms with Crippen molar-refractivity contribution >= 4 is 5.82 Å². The second-order valence-electron chi connectivity index (χ2n) is 3.85. The minimum atomic E-state index is 0.616. The Labute approximate surface area is 84.9 Å². The first-order valence-corrected chi connectivity index (χ1v) is 5.27. The number of hydrogen-bond acceptors (Lipinski definition) is 3. The van der Waals surface area contributed by atoms with Crippen molar-refractivity contribution in [1.82, 2.24) is 15.1 Å². The average Bonchev–Trinajstić information content (AvgIpc) is 2.65. The highest BCUT2D eigenvalue weighted by Crippen LogP contribution is 2.13. The summed E-state index contributed by atoms with van der Waals surface area (Å²) in [5.41, 5.74) is 0. The molecule has 0 aromatic carbocycles. The lowest BCUT2D eigenvalue weighted by Gasteiger charge is -2.33. The van der Waals surface area contributed by atoms with Gasteiger partial charge in [-0.25, -0.2) is 0 Å². The van der Waals surface area contributed by atoms with Crippen molar-refractivity contribution in [1.29, 1.82) is 0 Å². The fourth-order valence-electron chi connectivity index (χ4n) is 1.88.